The smallest absolute Gasteiger partial charge is 0.249 e. The molecule has 0 radical (unpaired) electrons. The van der Waals surface area contributed by atoms with Crippen LogP contribution >= 0.6 is 0 Å². The number of nitrogen functional groups attached to an aromatic ring is 2. The lowest BCUT2D eigenvalue weighted by molar-refractivity contribution is 0.417. The van der Waals surface area contributed by atoms with Gasteiger partial charge in [-0.2, -0.15) is 9.67 Å². The lowest BCUT2D eigenvalue weighted by atomic mass is 10.2. The van der Waals surface area contributed by atoms with Crippen molar-refractivity contribution < 1.29 is 4.74 Å². The summed E-state index contributed by atoms with van der Waals surface area (Å²) in [5.41, 5.74) is 12.9. The van der Waals surface area contributed by atoms with Crippen LogP contribution in [0.15, 0.2) is 42.6 Å². The van der Waals surface area contributed by atoms with Crippen LogP contribution in [0.2, 0.25) is 0 Å². The summed E-state index contributed by atoms with van der Waals surface area (Å²) in [4.78, 5) is 8.36. The van der Waals surface area contributed by atoms with Gasteiger partial charge in [0.2, 0.25) is 11.9 Å². The minimum absolute atomic E-state index is 0.226. The Morgan fingerprint density at radius 1 is 1.18 bits per heavy atom. The molecular weight excluding hydrogens is 282 g/mol. The predicted molar refractivity (Wildman–Crippen MR) is 84.3 cm³/mol. The van der Waals surface area contributed by atoms with Crippen molar-refractivity contribution in [3.63, 3.8) is 0 Å². The van der Waals surface area contributed by atoms with Gasteiger partial charge in [0.15, 0.2) is 5.82 Å². The zero-order chi connectivity index (χ0) is 15.5. The Morgan fingerprint density at radius 2 is 2.05 bits per heavy atom. The van der Waals surface area contributed by atoms with E-state index in [-0.39, 0.29) is 5.95 Å². The van der Waals surface area contributed by atoms with Crippen LogP contribution in [-0.2, 0) is 0 Å². The Morgan fingerprint density at radius 3 is 2.77 bits per heavy atom. The van der Waals surface area contributed by atoms with E-state index in [1.54, 1.807) is 37.6 Å². The number of benzene rings is 1. The minimum Gasteiger partial charge on any atom is -0.495 e. The van der Waals surface area contributed by atoms with Crippen LogP contribution in [0.4, 0.5) is 23.3 Å². The molecule has 0 aliphatic carbocycles. The number of nitrogens with two attached hydrogens (primary N) is 2. The average molecular weight is 297 g/mol. The molecule has 1 aromatic carbocycles. The quantitative estimate of drug-likeness (QED) is 0.626. The standard InChI is InChI=1S/C14H15N7O/c1-22-11-6-5-9(15)8-10(11)18-14-19-13(16)21(20-14)12-4-2-3-7-17-12/h2-8H,15H2,1H3,(H3,16,18,19,20). The normalized spacial score (nSPS) is 10.4. The monoisotopic (exact) mass is 297 g/mol. The number of anilines is 4. The first kappa shape index (κ1) is 13.7. The summed E-state index contributed by atoms with van der Waals surface area (Å²) in [7, 11) is 1.57. The highest BCUT2D eigenvalue weighted by Crippen LogP contribution is 2.29. The lowest BCUT2D eigenvalue weighted by Gasteiger charge is -2.09. The third kappa shape index (κ3) is 2.62. The molecule has 0 bridgehead atoms. The van der Waals surface area contributed by atoms with Gasteiger partial charge >= 0.3 is 0 Å². The van der Waals surface area contributed by atoms with Crippen LogP contribution in [0, 0.1) is 0 Å². The number of hydrogen-bond donors (Lipinski definition) is 3. The molecule has 0 fully saturated rings. The van der Waals surface area contributed by atoms with Crippen molar-refractivity contribution >= 4 is 23.3 Å². The fourth-order valence-corrected chi connectivity index (χ4v) is 1.97. The predicted octanol–water partition coefficient (Wildman–Crippen LogP) is 1.58. The maximum Gasteiger partial charge on any atom is 0.249 e. The molecule has 2 heterocycles. The third-order valence-corrected chi connectivity index (χ3v) is 2.97. The maximum atomic E-state index is 5.88. The zero-order valence-corrected chi connectivity index (χ0v) is 11.9. The van der Waals surface area contributed by atoms with Crippen LogP contribution in [0.3, 0.4) is 0 Å². The number of ether oxygens (including phenoxy) is 1. The number of pyridine rings is 1. The van der Waals surface area contributed by atoms with Gasteiger partial charge in [0.1, 0.15) is 5.75 Å². The first-order valence-electron chi connectivity index (χ1n) is 6.52. The van der Waals surface area contributed by atoms with E-state index in [0.29, 0.717) is 28.9 Å². The molecule has 2 aromatic heterocycles. The van der Waals surface area contributed by atoms with E-state index in [2.05, 4.69) is 20.4 Å². The second-order valence-corrected chi connectivity index (χ2v) is 4.48. The Kier molecular flexibility index (Phi) is 3.48. The fraction of sp³-hybridized carbons (Fsp3) is 0.0714. The number of hydrogen-bond acceptors (Lipinski definition) is 7. The second kappa shape index (κ2) is 5.60. The van der Waals surface area contributed by atoms with Crippen LogP contribution in [0.25, 0.3) is 5.82 Å². The van der Waals surface area contributed by atoms with Crippen LogP contribution < -0.4 is 21.5 Å². The largest absolute Gasteiger partial charge is 0.495 e. The van der Waals surface area contributed by atoms with E-state index in [1.165, 1.54) is 4.68 Å². The number of nitrogens with zero attached hydrogens (tertiary/aromatic N) is 4. The van der Waals surface area contributed by atoms with Crippen molar-refractivity contribution in [1.29, 1.82) is 0 Å². The van der Waals surface area contributed by atoms with Gasteiger partial charge in [0, 0.05) is 11.9 Å². The molecule has 0 amide bonds. The van der Waals surface area contributed by atoms with Crippen LogP contribution in [0.5, 0.6) is 5.75 Å². The lowest BCUT2D eigenvalue weighted by Crippen LogP contribution is -2.04. The molecule has 8 heteroatoms. The van der Waals surface area contributed by atoms with Crippen molar-refractivity contribution in [1.82, 2.24) is 19.7 Å². The van der Waals surface area contributed by atoms with Gasteiger partial charge in [0.05, 0.1) is 12.8 Å². The molecule has 0 aliphatic heterocycles. The summed E-state index contributed by atoms with van der Waals surface area (Å²) in [6.45, 7) is 0. The van der Waals surface area contributed by atoms with Crippen molar-refractivity contribution in [2.45, 2.75) is 0 Å². The van der Waals surface area contributed by atoms with Crippen molar-refractivity contribution in [3.8, 4) is 11.6 Å². The van der Waals surface area contributed by atoms with Gasteiger partial charge in [-0.3, -0.25) is 0 Å². The van der Waals surface area contributed by atoms with E-state index in [9.17, 15) is 0 Å². The van der Waals surface area contributed by atoms with Crippen LogP contribution in [0.1, 0.15) is 0 Å². The van der Waals surface area contributed by atoms with E-state index < -0.39 is 0 Å². The summed E-state index contributed by atoms with van der Waals surface area (Å²) >= 11 is 0. The van der Waals surface area contributed by atoms with Gasteiger partial charge in [-0.15, -0.1) is 5.10 Å². The number of methoxy groups -OCH3 is 1. The molecule has 22 heavy (non-hydrogen) atoms. The second-order valence-electron chi connectivity index (χ2n) is 4.48. The Bertz CT molecular complexity index is 785. The minimum atomic E-state index is 0.226. The van der Waals surface area contributed by atoms with Crippen LogP contribution in [-0.4, -0.2) is 26.9 Å². The Labute approximate surface area is 126 Å². The average Bonchev–Trinajstić information content (AvgIpc) is 2.89. The highest BCUT2D eigenvalue weighted by molar-refractivity contribution is 5.68. The molecule has 0 atom stereocenters. The maximum absolute atomic E-state index is 5.88. The SMILES string of the molecule is COc1ccc(N)cc1Nc1nc(N)n(-c2ccccn2)n1. The van der Waals surface area contributed by atoms with Gasteiger partial charge in [-0.25, -0.2) is 4.98 Å². The molecular formula is C14H15N7O. The summed E-state index contributed by atoms with van der Waals surface area (Å²) in [6, 6.07) is 10.7. The van der Waals surface area contributed by atoms with Crippen molar-refractivity contribution in [3.05, 3.63) is 42.6 Å². The third-order valence-electron chi connectivity index (χ3n) is 2.97. The molecule has 3 rings (SSSR count). The first-order chi connectivity index (χ1) is 10.7. The summed E-state index contributed by atoms with van der Waals surface area (Å²) in [5, 5.41) is 7.33. The van der Waals surface area contributed by atoms with E-state index >= 15 is 0 Å². The van der Waals surface area contributed by atoms with Gasteiger partial charge in [-0.1, -0.05) is 6.07 Å². The first-order valence-corrected chi connectivity index (χ1v) is 6.52. The highest BCUT2D eigenvalue weighted by Gasteiger charge is 2.11. The molecule has 0 spiro atoms. The molecule has 3 aromatic rings. The van der Waals surface area contributed by atoms with Gasteiger partial charge in [-0.05, 0) is 30.3 Å². The van der Waals surface area contributed by atoms with Crippen molar-refractivity contribution in [2.24, 2.45) is 0 Å². The summed E-state index contributed by atoms with van der Waals surface area (Å²) < 4.78 is 6.72. The van der Waals surface area contributed by atoms with Gasteiger partial charge in [0.25, 0.3) is 0 Å². The molecule has 0 saturated carbocycles. The highest BCUT2D eigenvalue weighted by atomic mass is 16.5. The Hall–Kier alpha value is -3.29. The zero-order valence-electron chi connectivity index (χ0n) is 11.9. The summed E-state index contributed by atoms with van der Waals surface area (Å²) in [5.74, 6) is 1.76. The number of rotatable bonds is 4. The molecule has 8 nitrogen and oxygen atoms in total. The molecule has 0 saturated heterocycles. The number of nitrogens with one attached hydrogen (secondary N) is 1. The van der Waals surface area contributed by atoms with Gasteiger partial charge < -0.3 is 21.5 Å². The molecule has 0 unspecified atom stereocenters. The molecule has 0 aliphatic rings. The topological polar surface area (TPSA) is 117 Å². The van der Waals surface area contributed by atoms with E-state index in [0.717, 1.165) is 0 Å². The molecule has 5 N–H and O–H groups in total. The van der Waals surface area contributed by atoms with Crippen molar-refractivity contribution in [2.75, 3.05) is 23.9 Å². The number of aromatic nitrogens is 4. The Balaban J connectivity index is 1.93. The fourth-order valence-electron chi connectivity index (χ4n) is 1.97. The summed E-state index contributed by atoms with van der Waals surface area (Å²) in [6.07, 6.45) is 1.66. The van der Waals surface area contributed by atoms with E-state index in [4.69, 9.17) is 16.2 Å². The molecule has 112 valence electrons. The van der Waals surface area contributed by atoms with E-state index in [1.807, 2.05) is 12.1 Å².